The SMILES string of the molecule is CC(=NOC(=O)C1CCCCC1)c1ccccc1. The topological polar surface area (TPSA) is 38.7 Å². The van der Waals surface area contributed by atoms with Crippen molar-refractivity contribution in [2.24, 2.45) is 11.1 Å². The van der Waals surface area contributed by atoms with E-state index in [0.717, 1.165) is 37.0 Å². The summed E-state index contributed by atoms with van der Waals surface area (Å²) in [7, 11) is 0. The second-order valence-corrected chi connectivity index (χ2v) is 4.79. The first-order valence-corrected chi connectivity index (χ1v) is 6.58. The molecule has 0 radical (unpaired) electrons. The number of hydrogen-bond acceptors (Lipinski definition) is 3. The first-order valence-electron chi connectivity index (χ1n) is 6.58. The summed E-state index contributed by atoms with van der Waals surface area (Å²) in [6.45, 7) is 1.85. The van der Waals surface area contributed by atoms with Crippen LogP contribution < -0.4 is 0 Å². The maximum Gasteiger partial charge on any atom is 0.338 e. The number of oxime groups is 1. The molecule has 18 heavy (non-hydrogen) atoms. The van der Waals surface area contributed by atoms with Crippen LogP contribution in [0.3, 0.4) is 0 Å². The Labute approximate surface area is 108 Å². The lowest BCUT2D eigenvalue weighted by atomic mass is 9.89. The molecule has 1 aliphatic rings. The Bertz CT molecular complexity index is 419. The van der Waals surface area contributed by atoms with Crippen molar-refractivity contribution < 1.29 is 9.63 Å². The Morgan fingerprint density at radius 2 is 1.83 bits per heavy atom. The van der Waals surface area contributed by atoms with Crippen molar-refractivity contribution in [3.05, 3.63) is 35.9 Å². The molecule has 0 N–H and O–H groups in total. The van der Waals surface area contributed by atoms with Crippen molar-refractivity contribution in [3.8, 4) is 0 Å². The minimum absolute atomic E-state index is 0.0473. The predicted molar refractivity (Wildman–Crippen MR) is 71.3 cm³/mol. The fraction of sp³-hybridized carbons (Fsp3) is 0.467. The van der Waals surface area contributed by atoms with Gasteiger partial charge in [0.1, 0.15) is 0 Å². The van der Waals surface area contributed by atoms with Gasteiger partial charge in [-0.3, -0.25) is 0 Å². The van der Waals surface area contributed by atoms with Gasteiger partial charge in [-0.15, -0.1) is 0 Å². The lowest BCUT2D eigenvalue weighted by molar-refractivity contribution is -0.149. The van der Waals surface area contributed by atoms with Crippen LogP contribution in [0.2, 0.25) is 0 Å². The van der Waals surface area contributed by atoms with E-state index in [1.165, 1.54) is 6.42 Å². The number of benzene rings is 1. The molecule has 0 spiro atoms. The van der Waals surface area contributed by atoms with Crippen molar-refractivity contribution in [2.45, 2.75) is 39.0 Å². The van der Waals surface area contributed by atoms with Crippen LogP contribution in [0.4, 0.5) is 0 Å². The quantitative estimate of drug-likeness (QED) is 0.464. The van der Waals surface area contributed by atoms with Crippen molar-refractivity contribution >= 4 is 11.7 Å². The van der Waals surface area contributed by atoms with Crippen LogP contribution in [-0.2, 0) is 9.63 Å². The van der Waals surface area contributed by atoms with Crippen molar-refractivity contribution in [1.82, 2.24) is 0 Å². The molecule has 0 aromatic heterocycles. The smallest absolute Gasteiger partial charge is 0.318 e. The summed E-state index contributed by atoms with van der Waals surface area (Å²) in [5, 5.41) is 3.94. The van der Waals surface area contributed by atoms with Gasteiger partial charge in [-0.05, 0) is 25.3 Å². The molecule has 1 saturated carbocycles. The molecule has 0 amide bonds. The fourth-order valence-corrected chi connectivity index (χ4v) is 2.26. The predicted octanol–water partition coefficient (Wildman–Crippen LogP) is 3.53. The summed E-state index contributed by atoms with van der Waals surface area (Å²) in [5.41, 5.74) is 1.72. The lowest BCUT2D eigenvalue weighted by Crippen LogP contribution is -2.19. The Kier molecular flexibility index (Phi) is 4.51. The summed E-state index contributed by atoms with van der Waals surface area (Å²) in [5.74, 6) is -0.129. The highest BCUT2D eigenvalue weighted by Crippen LogP contribution is 2.24. The van der Waals surface area contributed by atoms with Gasteiger partial charge in [-0.25, -0.2) is 4.79 Å². The van der Waals surface area contributed by atoms with Crippen LogP contribution in [0.5, 0.6) is 0 Å². The van der Waals surface area contributed by atoms with E-state index in [4.69, 9.17) is 4.84 Å². The van der Waals surface area contributed by atoms with Crippen molar-refractivity contribution in [1.29, 1.82) is 0 Å². The molecule has 1 fully saturated rings. The molecule has 0 unspecified atom stereocenters. The van der Waals surface area contributed by atoms with Gasteiger partial charge in [0.2, 0.25) is 0 Å². The third kappa shape index (κ3) is 3.42. The van der Waals surface area contributed by atoms with Gasteiger partial charge in [-0.2, -0.15) is 0 Å². The van der Waals surface area contributed by atoms with Gasteiger partial charge in [0.05, 0.1) is 11.6 Å². The standard InChI is InChI=1S/C15H19NO2/c1-12(13-8-4-2-5-9-13)16-18-15(17)14-10-6-3-7-11-14/h2,4-5,8-9,14H,3,6-7,10-11H2,1H3. The van der Waals surface area contributed by atoms with Crippen LogP contribution in [-0.4, -0.2) is 11.7 Å². The fourth-order valence-electron chi connectivity index (χ4n) is 2.26. The van der Waals surface area contributed by atoms with Gasteiger partial charge < -0.3 is 4.84 Å². The molecule has 0 bridgehead atoms. The largest absolute Gasteiger partial charge is 0.338 e. The van der Waals surface area contributed by atoms with E-state index in [1.54, 1.807) is 0 Å². The van der Waals surface area contributed by atoms with Crippen molar-refractivity contribution in [2.75, 3.05) is 0 Å². The van der Waals surface area contributed by atoms with Crippen LogP contribution in [0, 0.1) is 5.92 Å². The second kappa shape index (κ2) is 6.34. The number of carbonyl (C=O) groups excluding carboxylic acids is 1. The summed E-state index contributed by atoms with van der Waals surface area (Å²) in [6.07, 6.45) is 5.37. The molecule has 0 saturated heterocycles. The summed E-state index contributed by atoms with van der Waals surface area (Å²) < 4.78 is 0. The highest BCUT2D eigenvalue weighted by molar-refractivity contribution is 5.98. The van der Waals surface area contributed by atoms with Crippen LogP contribution in [0.1, 0.15) is 44.6 Å². The molecule has 3 heteroatoms. The molecular weight excluding hydrogens is 226 g/mol. The van der Waals surface area contributed by atoms with Gasteiger partial charge in [-0.1, -0.05) is 54.8 Å². The zero-order valence-electron chi connectivity index (χ0n) is 10.8. The van der Waals surface area contributed by atoms with Crippen LogP contribution in [0.25, 0.3) is 0 Å². The van der Waals surface area contributed by atoms with Gasteiger partial charge >= 0.3 is 5.97 Å². The highest BCUT2D eigenvalue weighted by Gasteiger charge is 2.22. The van der Waals surface area contributed by atoms with E-state index >= 15 is 0 Å². The molecule has 3 nitrogen and oxygen atoms in total. The number of nitrogens with zero attached hydrogens (tertiary/aromatic N) is 1. The van der Waals surface area contributed by atoms with Gasteiger partial charge in [0.15, 0.2) is 0 Å². The molecule has 2 rings (SSSR count). The maximum absolute atomic E-state index is 11.8. The van der Waals surface area contributed by atoms with Gasteiger partial charge in [0.25, 0.3) is 0 Å². The Balaban J connectivity index is 1.91. The first kappa shape index (κ1) is 12.8. The van der Waals surface area contributed by atoms with Crippen LogP contribution in [0.15, 0.2) is 35.5 Å². The highest BCUT2D eigenvalue weighted by atomic mass is 16.7. The summed E-state index contributed by atoms with van der Waals surface area (Å²) >= 11 is 0. The zero-order chi connectivity index (χ0) is 12.8. The second-order valence-electron chi connectivity index (χ2n) is 4.79. The normalized spacial score (nSPS) is 17.5. The van der Waals surface area contributed by atoms with E-state index in [9.17, 15) is 4.79 Å². The minimum Gasteiger partial charge on any atom is -0.318 e. The van der Waals surface area contributed by atoms with E-state index in [1.807, 2.05) is 37.3 Å². The first-order chi connectivity index (χ1) is 8.77. The average molecular weight is 245 g/mol. The minimum atomic E-state index is -0.176. The number of rotatable bonds is 3. The molecule has 0 aliphatic heterocycles. The monoisotopic (exact) mass is 245 g/mol. The molecule has 96 valence electrons. The lowest BCUT2D eigenvalue weighted by Gasteiger charge is -2.18. The Hall–Kier alpha value is -1.64. The van der Waals surface area contributed by atoms with E-state index < -0.39 is 0 Å². The maximum atomic E-state index is 11.8. The zero-order valence-corrected chi connectivity index (χ0v) is 10.8. The van der Waals surface area contributed by atoms with Gasteiger partial charge in [0, 0.05) is 0 Å². The van der Waals surface area contributed by atoms with E-state index in [0.29, 0.717) is 0 Å². The molecule has 0 atom stereocenters. The Morgan fingerprint density at radius 3 is 2.50 bits per heavy atom. The molecule has 1 aromatic carbocycles. The third-order valence-electron chi connectivity index (χ3n) is 3.40. The van der Waals surface area contributed by atoms with Crippen molar-refractivity contribution in [3.63, 3.8) is 0 Å². The number of hydrogen-bond donors (Lipinski definition) is 0. The average Bonchev–Trinajstić information content (AvgIpc) is 2.46. The summed E-state index contributed by atoms with van der Waals surface area (Å²) in [4.78, 5) is 16.9. The molecule has 1 aromatic rings. The molecular formula is C15H19NO2. The molecule has 1 aliphatic carbocycles. The molecule has 0 heterocycles. The van der Waals surface area contributed by atoms with Crippen LogP contribution >= 0.6 is 0 Å². The number of carbonyl (C=O) groups is 1. The third-order valence-corrected chi connectivity index (χ3v) is 3.40. The van der Waals surface area contributed by atoms with E-state index in [2.05, 4.69) is 5.16 Å². The van der Waals surface area contributed by atoms with E-state index in [-0.39, 0.29) is 11.9 Å². The summed E-state index contributed by atoms with van der Waals surface area (Å²) in [6, 6.07) is 9.74. The Morgan fingerprint density at radius 1 is 1.17 bits per heavy atom.